The van der Waals surface area contributed by atoms with Gasteiger partial charge in [-0.2, -0.15) is 0 Å². The quantitative estimate of drug-likeness (QED) is 0.173. The number of carbonyl (C=O) groups is 1. The second kappa shape index (κ2) is 13.0. The Hall–Kier alpha value is -4.66. The van der Waals surface area contributed by atoms with Crippen LogP contribution in [0.1, 0.15) is 32.3 Å². The van der Waals surface area contributed by atoms with Gasteiger partial charge in [-0.3, -0.25) is 4.72 Å². The van der Waals surface area contributed by atoms with E-state index in [1.165, 1.54) is 23.2 Å². The molecule has 1 amide bonds. The molecule has 2 aromatic heterocycles. The van der Waals surface area contributed by atoms with Crippen molar-refractivity contribution in [3.05, 3.63) is 66.2 Å². The predicted molar refractivity (Wildman–Crippen MR) is 167 cm³/mol. The Kier molecular flexibility index (Phi) is 9.24. The summed E-state index contributed by atoms with van der Waals surface area (Å²) in [4.78, 5) is 26.3. The maximum absolute atomic E-state index is 15.0. The van der Waals surface area contributed by atoms with Gasteiger partial charge >= 0.3 is 6.09 Å². The molecular weight excluding hydrogens is 625 g/mol. The highest BCUT2D eigenvalue weighted by Crippen LogP contribution is 2.40. The van der Waals surface area contributed by atoms with Gasteiger partial charge < -0.3 is 20.1 Å². The minimum absolute atomic E-state index is 0.151. The number of anilines is 2. The Balaban J connectivity index is 1.45. The number of ether oxygens (including phenoxy) is 1. The van der Waals surface area contributed by atoms with Crippen molar-refractivity contribution in [3.63, 3.8) is 0 Å². The molecule has 0 unspecified atom stereocenters. The number of pyridine rings is 1. The van der Waals surface area contributed by atoms with Crippen LogP contribution in [0.4, 0.5) is 29.6 Å². The van der Waals surface area contributed by atoms with Gasteiger partial charge in [0.05, 0.1) is 22.7 Å². The minimum atomic E-state index is -4.31. The van der Waals surface area contributed by atoms with Gasteiger partial charge in [-0.05, 0) is 62.1 Å². The fraction of sp³-hybridized carbons (Fsp3) is 0.355. The van der Waals surface area contributed by atoms with Gasteiger partial charge in [0.1, 0.15) is 11.6 Å². The van der Waals surface area contributed by atoms with E-state index in [4.69, 9.17) is 4.74 Å². The van der Waals surface area contributed by atoms with Crippen LogP contribution in [0.3, 0.4) is 0 Å². The van der Waals surface area contributed by atoms with Crippen LogP contribution < -0.4 is 14.8 Å². The second-order valence-electron chi connectivity index (χ2n) is 11.6. The third-order valence-electron chi connectivity index (χ3n) is 7.53. The Morgan fingerprint density at radius 2 is 1.87 bits per heavy atom. The number of halogens is 3. The van der Waals surface area contributed by atoms with E-state index in [1.54, 1.807) is 37.4 Å². The van der Waals surface area contributed by atoms with E-state index in [1.807, 2.05) is 6.92 Å². The number of amides is 1. The molecular formula is C31H33F3N6O5S. The number of sulfonamides is 1. The molecule has 4 aromatic rings. The third kappa shape index (κ3) is 7.76. The number of benzene rings is 2. The van der Waals surface area contributed by atoms with Gasteiger partial charge in [0, 0.05) is 48.7 Å². The summed E-state index contributed by atoms with van der Waals surface area (Å²) in [6.07, 6.45) is 1.91. The lowest BCUT2D eigenvalue weighted by Crippen LogP contribution is -2.47. The highest BCUT2D eigenvalue weighted by molar-refractivity contribution is 7.92. The van der Waals surface area contributed by atoms with Crippen molar-refractivity contribution >= 4 is 38.5 Å². The SMILES string of the molecule is Cc1ccc2c(NS(=O)(=O)CCC(C)(F)F)c(F)ccc2c1Oc1ncccc1-c1ccnc(N[C@H]2C[C@@H](C)CN(C(=O)O)C2)n1. The molecule has 46 heavy (non-hydrogen) atoms. The average Bonchev–Trinajstić information content (AvgIpc) is 2.99. The topological polar surface area (TPSA) is 147 Å². The molecule has 0 aliphatic carbocycles. The number of nitrogens with one attached hydrogen (secondary N) is 2. The van der Waals surface area contributed by atoms with Crippen molar-refractivity contribution in [2.75, 3.05) is 28.9 Å². The molecule has 1 saturated heterocycles. The van der Waals surface area contributed by atoms with Crippen molar-refractivity contribution in [2.45, 2.75) is 45.6 Å². The summed E-state index contributed by atoms with van der Waals surface area (Å²) in [5.74, 6) is -4.11. The Morgan fingerprint density at radius 1 is 1.11 bits per heavy atom. The number of alkyl halides is 2. The molecule has 0 spiro atoms. The number of fused-ring (bicyclic) bond motifs is 1. The molecule has 1 aliphatic heterocycles. The maximum Gasteiger partial charge on any atom is 0.407 e. The lowest BCUT2D eigenvalue weighted by molar-refractivity contribution is 0.0189. The van der Waals surface area contributed by atoms with Crippen LogP contribution in [-0.2, 0) is 10.0 Å². The Labute approximate surface area is 263 Å². The van der Waals surface area contributed by atoms with Crippen molar-refractivity contribution in [1.29, 1.82) is 0 Å². The van der Waals surface area contributed by atoms with Crippen molar-refractivity contribution < 1.29 is 36.2 Å². The summed E-state index contributed by atoms with van der Waals surface area (Å²) < 4.78 is 75.3. The molecule has 11 nitrogen and oxygen atoms in total. The molecule has 3 N–H and O–H groups in total. The summed E-state index contributed by atoms with van der Waals surface area (Å²) in [7, 11) is -4.31. The number of aromatic nitrogens is 3. The first kappa shape index (κ1) is 32.7. The van der Waals surface area contributed by atoms with Crippen LogP contribution in [0.25, 0.3) is 22.0 Å². The molecule has 0 saturated carbocycles. The first-order valence-electron chi connectivity index (χ1n) is 14.5. The fourth-order valence-electron chi connectivity index (χ4n) is 5.36. The summed E-state index contributed by atoms with van der Waals surface area (Å²) in [6.45, 7) is 5.10. The van der Waals surface area contributed by atoms with Gasteiger partial charge in [-0.25, -0.2) is 41.3 Å². The lowest BCUT2D eigenvalue weighted by atomic mass is 9.96. The summed E-state index contributed by atoms with van der Waals surface area (Å²) in [5.41, 5.74) is 1.21. The van der Waals surface area contributed by atoms with E-state index in [0.717, 1.165) is 12.5 Å². The van der Waals surface area contributed by atoms with Crippen LogP contribution in [0.2, 0.25) is 0 Å². The van der Waals surface area contributed by atoms with E-state index >= 15 is 0 Å². The summed E-state index contributed by atoms with van der Waals surface area (Å²) >= 11 is 0. The molecule has 1 fully saturated rings. The van der Waals surface area contributed by atoms with E-state index in [9.17, 15) is 31.5 Å². The van der Waals surface area contributed by atoms with Gasteiger partial charge in [-0.15, -0.1) is 0 Å². The smallest absolute Gasteiger partial charge is 0.407 e. The highest BCUT2D eigenvalue weighted by atomic mass is 32.2. The molecule has 0 radical (unpaired) electrons. The first-order valence-corrected chi connectivity index (χ1v) is 16.1. The van der Waals surface area contributed by atoms with Crippen LogP contribution in [0.5, 0.6) is 11.6 Å². The number of aryl methyl sites for hydroxylation is 1. The van der Waals surface area contributed by atoms with Gasteiger partial charge in [0.25, 0.3) is 0 Å². The number of rotatable bonds is 10. The Morgan fingerprint density at radius 3 is 2.61 bits per heavy atom. The molecule has 2 aromatic carbocycles. The number of hydrogen-bond donors (Lipinski definition) is 3. The third-order valence-corrected chi connectivity index (χ3v) is 8.79. The normalized spacial score (nSPS) is 17.1. The average molecular weight is 659 g/mol. The zero-order valence-corrected chi connectivity index (χ0v) is 26.1. The van der Waals surface area contributed by atoms with E-state index in [2.05, 4.69) is 25.0 Å². The maximum atomic E-state index is 15.0. The predicted octanol–water partition coefficient (Wildman–Crippen LogP) is 6.52. The zero-order valence-electron chi connectivity index (χ0n) is 25.3. The molecule has 0 bridgehead atoms. The number of carboxylic acid groups (broad SMARTS) is 1. The zero-order chi connectivity index (χ0) is 33.2. The molecule has 15 heteroatoms. The van der Waals surface area contributed by atoms with Gasteiger partial charge in [0.2, 0.25) is 27.8 Å². The first-order chi connectivity index (χ1) is 21.7. The van der Waals surface area contributed by atoms with Gasteiger partial charge in [0.15, 0.2) is 0 Å². The molecule has 2 atom stereocenters. The van der Waals surface area contributed by atoms with Crippen molar-refractivity contribution in [1.82, 2.24) is 19.9 Å². The number of hydrogen-bond acceptors (Lipinski definition) is 8. The molecule has 244 valence electrons. The largest absolute Gasteiger partial charge is 0.465 e. The molecule has 1 aliphatic rings. The highest BCUT2D eigenvalue weighted by Gasteiger charge is 2.29. The van der Waals surface area contributed by atoms with E-state index in [-0.39, 0.29) is 34.7 Å². The van der Waals surface area contributed by atoms with Crippen LogP contribution in [0.15, 0.2) is 54.9 Å². The van der Waals surface area contributed by atoms with E-state index in [0.29, 0.717) is 48.2 Å². The number of likely N-dealkylation sites (tertiary alicyclic amines) is 1. The van der Waals surface area contributed by atoms with E-state index < -0.39 is 40.0 Å². The fourth-order valence-corrected chi connectivity index (χ4v) is 6.60. The molecule has 5 rings (SSSR count). The number of nitrogens with zero attached hydrogens (tertiary/aromatic N) is 4. The van der Waals surface area contributed by atoms with Crippen LogP contribution in [0, 0.1) is 18.7 Å². The Bertz CT molecular complexity index is 1870. The summed E-state index contributed by atoms with van der Waals surface area (Å²) in [5, 5.41) is 13.2. The van der Waals surface area contributed by atoms with Crippen molar-refractivity contribution in [2.24, 2.45) is 5.92 Å². The number of piperidine rings is 1. The minimum Gasteiger partial charge on any atom is -0.465 e. The summed E-state index contributed by atoms with van der Waals surface area (Å²) in [6, 6.07) is 10.6. The van der Waals surface area contributed by atoms with Crippen LogP contribution >= 0.6 is 0 Å². The van der Waals surface area contributed by atoms with Gasteiger partial charge in [-0.1, -0.05) is 19.1 Å². The van der Waals surface area contributed by atoms with Crippen molar-refractivity contribution in [3.8, 4) is 22.9 Å². The second-order valence-corrected chi connectivity index (χ2v) is 13.4. The van der Waals surface area contributed by atoms with Crippen LogP contribution in [-0.4, -0.2) is 70.3 Å². The monoisotopic (exact) mass is 658 g/mol. The standard InChI is InChI=1S/C31H33F3N6O5S/c1-18-15-20(17-40(16-18)30(41)42)37-29-36-13-10-25(38-29)23-5-4-12-35-28(23)45-27-19(2)6-7-21-22(27)8-9-24(32)26(21)39-46(43,44)14-11-31(3,33)34/h4-10,12-13,18,20,39H,11,14-17H2,1-3H3,(H,41,42)(H,36,37,38)/t18-,20+/m1/s1. The molecule has 3 heterocycles. The lowest BCUT2D eigenvalue weighted by Gasteiger charge is -2.35.